The lowest BCUT2D eigenvalue weighted by atomic mass is 9.92. The Morgan fingerprint density at radius 3 is 2.26 bits per heavy atom. The number of benzene rings is 2. The van der Waals surface area contributed by atoms with Crippen LogP contribution in [-0.4, -0.2) is 20.9 Å². The second kappa shape index (κ2) is 8.39. The van der Waals surface area contributed by atoms with Crippen LogP contribution in [0.3, 0.4) is 0 Å². The zero-order chi connectivity index (χ0) is 18.8. The van der Waals surface area contributed by atoms with Crippen LogP contribution in [0.2, 0.25) is 0 Å². The molecule has 4 N–H and O–H groups in total. The fraction of sp³-hybridized carbons (Fsp3) is 0.316. The molecule has 2 aromatic carbocycles. The highest BCUT2D eigenvalue weighted by molar-refractivity contribution is 7.89. The highest BCUT2D eigenvalue weighted by Crippen LogP contribution is 2.28. The molecule has 0 bridgehead atoms. The van der Waals surface area contributed by atoms with Gasteiger partial charge in [-0.25, -0.2) is 13.1 Å². The number of carbonyl (C=O) groups is 1. The quantitative estimate of drug-likeness (QED) is 0.654. The van der Waals surface area contributed by atoms with E-state index < -0.39 is 15.6 Å². The number of sulfonamides is 1. The highest BCUT2D eigenvalue weighted by atomic mass is 35.5. The zero-order valence-electron chi connectivity index (χ0n) is 15.0. The van der Waals surface area contributed by atoms with Gasteiger partial charge in [-0.15, -0.1) is 12.4 Å². The lowest BCUT2D eigenvalue weighted by Crippen LogP contribution is -2.45. The summed E-state index contributed by atoms with van der Waals surface area (Å²) in [5.74, 6) is 0.0923. The van der Waals surface area contributed by atoms with Crippen molar-refractivity contribution in [2.75, 3.05) is 11.9 Å². The van der Waals surface area contributed by atoms with Crippen LogP contribution < -0.4 is 15.8 Å². The Bertz CT molecular complexity index is 880. The first kappa shape index (κ1) is 21.4. The van der Waals surface area contributed by atoms with Crippen molar-refractivity contribution in [3.05, 3.63) is 60.2 Å². The maximum Gasteiger partial charge on any atom is 0.248 e. The Balaban J connectivity index is 0.00000261. The van der Waals surface area contributed by atoms with Gasteiger partial charge in [-0.3, -0.25) is 4.79 Å². The summed E-state index contributed by atoms with van der Waals surface area (Å²) in [5.41, 5.74) is 6.17. The van der Waals surface area contributed by atoms with Crippen molar-refractivity contribution in [1.82, 2.24) is 4.72 Å². The summed E-state index contributed by atoms with van der Waals surface area (Å²) in [6.07, 6.45) is 2.15. The molecule has 0 aromatic heterocycles. The van der Waals surface area contributed by atoms with Crippen molar-refractivity contribution < 1.29 is 13.2 Å². The van der Waals surface area contributed by atoms with Gasteiger partial charge < -0.3 is 11.1 Å². The molecule has 1 aliphatic carbocycles. The Kier molecular flexibility index (Phi) is 6.64. The molecule has 0 heterocycles. The first-order valence-electron chi connectivity index (χ1n) is 8.54. The van der Waals surface area contributed by atoms with Crippen molar-refractivity contribution in [2.24, 2.45) is 11.7 Å². The number of anilines is 1. The second-order valence-electron chi connectivity index (χ2n) is 6.84. The number of nitrogens with two attached hydrogens (primary N) is 1. The van der Waals surface area contributed by atoms with Gasteiger partial charge >= 0.3 is 0 Å². The van der Waals surface area contributed by atoms with E-state index in [1.165, 1.54) is 12.1 Å². The fourth-order valence-corrected chi connectivity index (χ4v) is 3.64. The third kappa shape index (κ3) is 5.29. The summed E-state index contributed by atoms with van der Waals surface area (Å²) in [6.45, 7) is 2.11. The van der Waals surface area contributed by atoms with Gasteiger partial charge in [0.15, 0.2) is 0 Å². The Hall–Kier alpha value is -1.93. The van der Waals surface area contributed by atoms with Crippen molar-refractivity contribution in [1.29, 1.82) is 0 Å². The van der Waals surface area contributed by atoms with Gasteiger partial charge in [-0.1, -0.05) is 30.3 Å². The average Bonchev–Trinajstić information content (AvgIpc) is 3.46. The minimum atomic E-state index is -3.52. The molecule has 1 aliphatic rings. The minimum Gasteiger partial charge on any atom is -0.324 e. The molecular weight excluding hydrogens is 386 g/mol. The molecule has 0 spiro atoms. The predicted octanol–water partition coefficient (Wildman–Crippen LogP) is 2.61. The smallest absolute Gasteiger partial charge is 0.248 e. The van der Waals surface area contributed by atoms with Crippen molar-refractivity contribution in [3.8, 4) is 0 Å². The zero-order valence-corrected chi connectivity index (χ0v) is 16.6. The lowest BCUT2D eigenvalue weighted by molar-refractivity contribution is -0.120. The monoisotopic (exact) mass is 409 g/mol. The van der Waals surface area contributed by atoms with Crippen LogP contribution in [0, 0.1) is 5.92 Å². The minimum absolute atomic E-state index is 0. The van der Waals surface area contributed by atoms with Gasteiger partial charge in [0, 0.05) is 12.2 Å². The first-order valence-corrected chi connectivity index (χ1v) is 10.0. The van der Waals surface area contributed by atoms with Gasteiger partial charge in [-0.2, -0.15) is 0 Å². The molecule has 6 nitrogen and oxygen atoms in total. The summed E-state index contributed by atoms with van der Waals surface area (Å²) in [7, 11) is -3.52. The molecule has 1 unspecified atom stereocenters. The van der Waals surface area contributed by atoms with Gasteiger partial charge in [-0.05, 0) is 55.5 Å². The first-order chi connectivity index (χ1) is 12.3. The number of hydrogen-bond acceptors (Lipinski definition) is 4. The maximum absolute atomic E-state index is 12.5. The number of amides is 1. The second-order valence-corrected chi connectivity index (χ2v) is 8.61. The third-order valence-electron chi connectivity index (χ3n) is 4.53. The predicted molar refractivity (Wildman–Crippen MR) is 108 cm³/mol. The molecule has 0 saturated heterocycles. The van der Waals surface area contributed by atoms with Crippen LogP contribution in [0.4, 0.5) is 5.69 Å². The van der Waals surface area contributed by atoms with Crippen LogP contribution in [0.5, 0.6) is 0 Å². The number of nitrogens with one attached hydrogen (secondary N) is 2. The van der Waals surface area contributed by atoms with Gasteiger partial charge in [0.25, 0.3) is 0 Å². The van der Waals surface area contributed by atoms with Crippen LogP contribution in [0.1, 0.15) is 25.3 Å². The van der Waals surface area contributed by atoms with Crippen molar-refractivity contribution in [2.45, 2.75) is 30.2 Å². The van der Waals surface area contributed by atoms with E-state index in [1.54, 1.807) is 31.2 Å². The SMILES string of the molecule is CC(N)(C(=O)Nc1ccc(S(=O)(=O)NCC2CC2)cc1)c1ccccc1.Cl. The van der Waals surface area contributed by atoms with E-state index in [1.807, 2.05) is 18.2 Å². The molecule has 1 atom stereocenters. The van der Waals surface area contributed by atoms with E-state index in [0.29, 0.717) is 23.7 Å². The maximum atomic E-state index is 12.5. The summed E-state index contributed by atoms with van der Waals surface area (Å²) in [5, 5.41) is 2.74. The van der Waals surface area contributed by atoms with E-state index in [9.17, 15) is 13.2 Å². The summed E-state index contributed by atoms with van der Waals surface area (Å²) < 4.78 is 27.1. The van der Waals surface area contributed by atoms with Crippen LogP contribution >= 0.6 is 12.4 Å². The molecule has 0 radical (unpaired) electrons. The van der Waals surface area contributed by atoms with E-state index in [2.05, 4.69) is 10.0 Å². The van der Waals surface area contributed by atoms with Crippen LogP contribution in [-0.2, 0) is 20.4 Å². The molecule has 0 aliphatic heterocycles. The van der Waals surface area contributed by atoms with E-state index in [0.717, 1.165) is 12.8 Å². The molecule has 146 valence electrons. The molecule has 8 heteroatoms. The molecule has 27 heavy (non-hydrogen) atoms. The summed E-state index contributed by atoms with van der Waals surface area (Å²) in [4.78, 5) is 12.7. The average molecular weight is 410 g/mol. The Morgan fingerprint density at radius 2 is 1.70 bits per heavy atom. The van der Waals surface area contributed by atoms with Crippen LogP contribution in [0.25, 0.3) is 0 Å². The van der Waals surface area contributed by atoms with Gasteiger partial charge in [0.05, 0.1) is 4.90 Å². The molecule has 1 amide bonds. The normalized spacial score (nSPS) is 16.1. The number of rotatable bonds is 7. The van der Waals surface area contributed by atoms with Gasteiger partial charge in [0.1, 0.15) is 5.54 Å². The number of hydrogen-bond donors (Lipinski definition) is 3. The number of carbonyl (C=O) groups excluding carboxylic acids is 1. The largest absolute Gasteiger partial charge is 0.324 e. The molecule has 3 rings (SSSR count). The van der Waals surface area contributed by atoms with Gasteiger partial charge in [0.2, 0.25) is 15.9 Å². The van der Waals surface area contributed by atoms with Crippen LogP contribution in [0.15, 0.2) is 59.5 Å². The van der Waals surface area contributed by atoms with E-state index >= 15 is 0 Å². The Labute approximate surface area is 166 Å². The van der Waals surface area contributed by atoms with Crippen molar-refractivity contribution >= 4 is 34.0 Å². The summed E-state index contributed by atoms with van der Waals surface area (Å²) in [6, 6.07) is 15.2. The Morgan fingerprint density at radius 1 is 1.11 bits per heavy atom. The van der Waals surface area contributed by atoms with Crippen molar-refractivity contribution in [3.63, 3.8) is 0 Å². The lowest BCUT2D eigenvalue weighted by Gasteiger charge is -2.24. The number of halogens is 1. The van der Waals surface area contributed by atoms with E-state index in [-0.39, 0.29) is 23.2 Å². The standard InChI is InChI=1S/C19H23N3O3S.ClH/c1-19(20,15-5-3-2-4-6-15)18(23)22-16-9-11-17(12-10-16)26(24,25)21-13-14-7-8-14;/h2-6,9-12,14,21H,7-8,13,20H2,1H3,(H,22,23);1H. The summed E-state index contributed by atoms with van der Waals surface area (Å²) >= 11 is 0. The molecule has 1 saturated carbocycles. The topological polar surface area (TPSA) is 101 Å². The molecular formula is C19H24ClN3O3S. The van der Waals surface area contributed by atoms with E-state index in [4.69, 9.17) is 5.73 Å². The molecule has 1 fully saturated rings. The fourth-order valence-electron chi connectivity index (χ4n) is 2.53. The highest BCUT2D eigenvalue weighted by Gasteiger charge is 2.30. The third-order valence-corrected chi connectivity index (χ3v) is 5.97. The molecule has 2 aromatic rings.